The largest absolute Gasteiger partial charge is 0.482 e. The first-order valence-electron chi connectivity index (χ1n) is 10.8. The lowest BCUT2D eigenvalue weighted by atomic mass is 9.86. The Morgan fingerprint density at radius 3 is 2.45 bits per heavy atom. The molecule has 0 fully saturated rings. The van der Waals surface area contributed by atoms with Crippen molar-refractivity contribution < 1.29 is 19.1 Å². The highest BCUT2D eigenvalue weighted by atomic mass is 79.9. The SMILES string of the molecule is CCCCNC(=O)/C(C#N)=C/c1ccc(OC(=O)COc2ccc(Br)cc2C(C)(C)C)cc1. The summed E-state index contributed by atoms with van der Waals surface area (Å²) in [6.45, 7) is 8.54. The summed E-state index contributed by atoms with van der Waals surface area (Å²) in [5, 5.41) is 12.0. The second-order valence-corrected chi connectivity index (χ2v) is 9.42. The van der Waals surface area contributed by atoms with Crippen molar-refractivity contribution >= 4 is 33.9 Å². The van der Waals surface area contributed by atoms with Gasteiger partial charge in [-0.25, -0.2) is 4.79 Å². The van der Waals surface area contributed by atoms with E-state index in [0.29, 0.717) is 23.6 Å². The molecule has 0 saturated carbocycles. The fraction of sp³-hybridized carbons (Fsp3) is 0.346. The monoisotopic (exact) mass is 512 g/mol. The number of hydrogen-bond donors (Lipinski definition) is 1. The van der Waals surface area contributed by atoms with Crippen LogP contribution < -0.4 is 14.8 Å². The number of halogens is 1. The van der Waals surface area contributed by atoms with E-state index in [1.807, 2.05) is 31.2 Å². The van der Waals surface area contributed by atoms with Crippen molar-refractivity contribution in [3.8, 4) is 17.6 Å². The predicted molar refractivity (Wildman–Crippen MR) is 132 cm³/mol. The van der Waals surface area contributed by atoms with Crippen LogP contribution in [0.25, 0.3) is 6.08 Å². The lowest BCUT2D eigenvalue weighted by Crippen LogP contribution is -2.25. The highest BCUT2D eigenvalue weighted by Crippen LogP contribution is 2.33. The van der Waals surface area contributed by atoms with E-state index in [0.717, 1.165) is 22.9 Å². The zero-order chi connectivity index (χ0) is 24.4. The molecule has 1 N–H and O–H groups in total. The Kier molecular flexibility index (Phi) is 9.68. The summed E-state index contributed by atoms with van der Waals surface area (Å²) in [4.78, 5) is 24.3. The molecule has 0 heterocycles. The van der Waals surface area contributed by atoms with Crippen molar-refractivity contribution in [2.24, 2.45) is 0 Å². The molecule has 0 unspecified atom stereocenters. The fourth-order valence-corrected chi connectivity index (χ4v) is 3.29. The second kappa shape index (κ2) is 12.2. The number of nitriles is 1. The Labute approximate surface area is 203 Å². The van der Waals surface area contributed by atoms with Gasteiger partial charge in [0.1, 0.15) is 23.1 Å². The third-order valence-electron chi connectivity index (χ3n) is 4.70. The van der Waals surface area contributed by atoms with Crippen LogP contribution >= 0.6 is 15.9 Å². The summed E-state index contributed by atoms with van der Waals surface area (Å²) in [6.07, 6.45) is 3.31. The summed E-state index contributed by atoms with van der Waals surface area (Å²) in [5.74, 6) is 0.0399. The van der Waals surface area contributed by atoms with Gasteiger partial charge in [0, 0.05) is 16.6 Å². The number of carbonyl (C=O) groups excluding carboxylic acids is 2. The summed E-state index contributed by atoms with van der Waals surface area (Å²) >= 11 is 3.47. The number of hydrogen-bond acceptors (Lipinski definition) is 5. The molecule has 33 heavy (non-hydrogen) atoms. The number of carbonyl (C=O) groups is 2. The molecule has 0 radical (unpaired) electrons. The maximum absolute atomic E-state index is 12.3. The van der Waals surface area contributed by atoms with Crippen LogP contribution in [0.2, 0.25) is 0 Å². The van der Waals surface area contributed by atoms with Crippen LogP contribution in [0.5, 0.6) is 11.5 Å². The topological polar surface area (TPSA) is 88.4 Å². The maximum Gasteiger partial charge on any atom is 0.349 e. The molecule has 0 spiro atoms. The number of rotatable bonds is 9. The van der Waals surface area contributed by atoms with E-state index in [1.54, 1.807) is 24.3 Å². The molecular weight excluding hydrogens is 484 g/mol. The van der Waals surface area contributed by atoms with Crippen LogP contribution in [-0.4, -0.2) is 25.0 Å². The third-order valence-corrected chi connectivity index (χ3v) is 5.19. The van der Waals surface area contributed by atoms with E-state index in [4.69, 9.17) is 9.47 Å². The molecule has 7 heteroatoms. The van der Waals surface area contributed by atoms with Crippen molar-refractivity contribution in [2.45, 2.75) is 46.0 Å². The minimum atomic E-state index is -0.533. The number of ether oxygens (including phenoxy) is 2. The highest BCUT2D eigenvalue weighted by Gasteiger charge is 2.20. The Balaban J connectivity index is 1.98. The first kappa shape index (κ1) is 26.1. The van der Waals surface area contributed by atoms with E-state index >= 15 is 0 Å². The number of nitrogens with zero attached hydrogens (tertiary/aromatic N) is 1. The average Bonchev–Trinajstić information content (AvgIpc) is 2.77. The molecule has 0 aliphatic heterocycles. The average molecular weight is 513 g/mol. The van der Waals surface area contributed by atoms with Crippen LogP contribution in [0.15, 0.2) is 52.5 Å². The van der Waals surface area contributed by atoms with E-state index < -0.39 is 11.9 Å². The van der Waals surface area contributed by atoms with Crippen molar-refractivity contribution in [2.75, 3.05) is 13.2 Å². The Morgan fingerprint density at radius 2 is 1.85 bits per heavy atom. The Morgan fingerprint density at radius 1 is 1.15 bits per heavy atom. The molecule has 0 atom stereocenters. The van der Waals surface area contributed by atoms with Gasteiger partial charge < -0.3 is 14.8 Å². The zero-order valence-corrected chi connectivity index (χ0v) is 21.0. The van der Waals surface area contributed by atoms with Gasteiger partial charge in [-0.15, -0.1) is 0 Å². The molecule has 1 amide bonds. The number of esters is 1. The van der Waals surface area contributed by atoms with Crippen LogP contribution in [0.3, 0.4) is 0 Å². The first-order valence-corrected chi connectivity index (χ1v) is 11.6. The van der Waals surface area contributed by atoms with Gasteiger partial charge in [-0.3, -0.25) is 4.79 Å². The predicted octanol–water partition coefficient (Wildman–Crippen LogP) is 5.55. The molecule has 2 rings (SSSR count). The first-order chi connectivity index (χ1) is 15.6. The number of nitrogens with one attached hydrogen (secondary N) is 1. The normalized spacial score (nSPS) is 11.5. The van der Waals surface area contributed by atoms with Crippen molar-refractivity contribution in [1.82, 2.24) is 5.32 Å². The fourth-order valence-electron chi connectivity index (χ4n) is 2.93. The second-order valence-electron chi connectivity index (χ2n) is 8.50. The molecule has 0 saturated heterocycles. The minimum Gasteiger partial charge on any atom is -0.482 e. The molecule has 2 aromatic rings. The van der Waals surface area contributed by atoms with Crippen molar-refractivity contribution in [3.63, 3.8) is 0 Å². The van der Waals surface area contributed by atoms with Crippen molar-refractivity contribution in [3.05, 3.63) is 63.6 Å². The van der Waals surface area contributed by atoms with Gasteiger partial charge in [0.25, 0.3) is 5.91 Å². The molecular formula is C26H29BrN2O4. The Bertz CT molecular complexity index is 1050. The van der Waals surface area contributed by atoms with E-state index in [2.05, 4.69) is 42.0 Å². The summed E-state index contributed by atoms with van der Waals surface area (Å²) in [6, 6.07) is 14.1. The van der Waals surface area contributed by atoms with E-state index in [-0.39, 0.29) is 17.6 Å². The minimum absolute atomic E-state index is 0.0217. The zero-order valence-electron chi connectivity index (χ0n) is 19.4. The van der Waals surface area contributed by atoms with Crippen molar-refractivity contribution in [1.29, 1.82) is 5.26 Å². The number of unbranched alkanes of at least 4 members (excludes halogenated alkanes) is 1. The molecule has 0 aliphatic rings. The summed E-state index contributed by atoms with van der Waals surface area (Å²) in [5.41, 5.74) is 1.50. The number of benzene rings is 2. The Hall–Kier alpha value is -3.11. The van der Waals surface area contributed by atoms with E-state index in [1.165, 1.54) is 6.08 Å². The smallest absolute Gasteiger partial charge is 0.349 e. The van der Waals surface area contributed by atoms with Crippen LogP contribution in [-0.2, 0) is 15.0 Å². The van der Waals surface area contributed by atoms with Crippen LogP contribution in [0, 0.1) is 11.3 Å². The van der Waals surface area contributed by atoms with Gasteiger partial charge in [0.05, 0.1) is 0 Å². The lowest BCUT2D eigenvalue weighted by molar-refractivity contribution is -0.136. The molecule has 6 nitrogen and oxygen atoms in total. The van der Waals surface area contributed by atoms with Gasteiger partial charge in [-0.1, -0.05) is 62.2 Å². The van der Waals surface area contributed by atoms with E-state index in [9.17, 15) is 14.9 Å². The molecule has 0 aromatic heterocycles. The van der Waals surface area contributed by atoms with Crippen LogP contribution in [0.4, 0.5) is 0 Å². The van der Waals surface area contributed by atoms with Gasteiger partial charge in [-0.05, 0) is 53.8 Å². The summed E-state index contributed by atoms with van der Waals surface area (Å²) < 4.78 is 12.0. The third kappa shape index (κ3) is 8.39. The molecule has 174 valence electrons. The van der Waals surface area contributed by atoms with Crippen LogP contribution in [0.1, 0.15) is 51.7 Å². The highest BCUT2D eigenvalue weighted by molar-refractivity contribution is 9.10. The lowest BCUT2D eigenvalue weighted by Gasteiger charge is -2.23. The molecule has 0 bridgehead atoms. The van der Waals surface area contributed by atoms with Gasteiger partial charge in [0.2, 0.25) is 0 Å². The number of amides is 1. The van der Waals surface area contributed by atoms with Gasteiger partial charge in [-0.2, -0.15) is 5.26 Å². The van der Waals surface area contributed by atoms with Gasteiger partial charge in [0.15, 0.2) is 6.61 Å². The quantitative estimate of drug-likeness (QED) is 0.156. The summed E-state index contributed by atoms with van der Waals surface area (Å²) in [7, 11) is 0. The standard InChI is InChI=1S/C26H29BrN2O4/c1-5-6-13-29-25(31)19(16-28)14-18-7-10-21(11-8-18)33-24(30)17-32-23-12-9-20(27)15-22(23)26(2,3)4/h7-12,14-15H,5-6,13,17H2,1-4H3,(H,29,31)/b19-14+. The molecule has 0 aliphatic carbocycles. The molecule has 2 aromatic carbocycles. The van der Waals surface area contributed by atoms with Gasteiger partial charge >= 0.3 is 5.97 Å². The maximum atomic E-state index is 12.3.